The van der Waals surface area contributed by atoms with E-state index in [0.29, 0.717) is 18.2 Å². The fraction of sp³-hybridized carbons (Fsp3) is 0.636. The molecule has 0 bridgehead atoms. The van der Waals surface area contributed by atoms with Gasteiger partial charge in [-0.05, 0) is 18.8 Å². The van der Waals surface area contributed by atoms with E-state index in [2.05, 4.69) is 11.9 Å². The fourth-order valence-corrected chi connectivity index (χ4v) is 2.85. The summed E-state index contributed by atoms with van der Waals surface area (Å²) in [6.07, 6.45) is 2.22. The van der Waals surface area contributed by atoms with E-state index in [0.717, 1.165) is 19.4 Å². The summed E-state index contributed by atoms with van der Waals surface area (Å²) in [6.45, 7) is 3.51. The van der Waals surface area contributed by atoms with E-state index >= 15 is 0 Å². The number of carbonyl (C=O) groups excluding carboxylic acids is 1. The van der Waals surface area contributed by atoms with Crippen molar-refractivity contribution in [3.63, 3.8) is 0 Å². The smallest absolute Gasteiger partial charge is 0.273 e. The number of carbonyl (C=O) groups is 1. The summed E-state index contributed by atoms with van der Waals surface area (Å²) in [5.74, 6) is 0.518. The van der Waals surface area contributed by atoms with Gasteiger partial charge in [-0.2, -0.15) is 0 Å². The van der Waals surface area contributed by atoms with Gasteiger partial charge in [0.25, 0.3) is 5.91 Å². The molecule has 0 aromatic carbocycles. The largest absolute Gasteiger partial charge is 0.333 e. The number of amides is 1. The van der Waals surface area contributed by atoms with Gasteiger partial charge < -0.3 is 10.6 Å². The molecular formula is C11H19Cl2N3OS. The molecule has 7 heteroatoms. The van der Waals surface area contributed by atoms with Gasteiger partial charge in [-0.3, -0.25) is 4.79 Å². The minimum absolute atomic E-state index is 0. The lowest BCUT2D eigenvalue weighted by Gasteiger charge is -2.39. The second-order valence-electron chi connectivity index (χ2n) is 4.29. The molecule has 1 aliphatic rings. The molecular weight excluding hydrogens is 293 g/mol. The van der Waals surface area contributed by atoms with Crippen molar-refractivity contribution >= 4 is 42.1 Å². The van der Waals surface area contributed by atoms with Crippen LogP contribution in [0.1, 0.15) is 30.3 Å². The van der Waals surface area contributed by atoms with Crippen LogP contribution in [0.4, 0.5) is 0 Å². The molecule has 1 saturated heterocycles. The van der Waals surface area contributed by atoms with Gasteiger partial charge in [-0.1, -0.05) is 6.92 Å². The molecule has 1 aromatic heterocycles. The van der Waals surface area contributed by atoms with Crippen LogP contribution in [0.25, 0.3) is 0 Å². The minimum Gasteiger partial charge on any atom is -0.333 e. The molecule has 1 amide bonds. The number of nitrogens with two attached hydrogens (primary N) is 1. The first-order valence-electron chi connectivity index (χ1n) is 5.63. The zero-order chi connectivity index (χ0) is 11.5. The van der Waals surface area contributed by atoms with Gasteiger partial charge in [0.2, 0.25) is 0 Å². The van der Waals surface area contributed by atoms with Crippen LogP contribution in [0.2, 0.25) is 0 Å². The molecule has 2 atom stereocenters. The highest BCUT2D eigenvalue weighted by Gasteiger charge is 2.31. The predicted octanol–water partition coefficient (Wildman–Crippen LogP) is 2.19. The molecule has 4 nitrogen and oxygen atoms in total. The van der Waals surface area contributed by atoms with E-state index in [1.165, 1.54) is 11.3 Å². The molecule has 0 aliphatic carbocycles. The van der Waals surface area contributed by atoms with Crippen LogP contribution in [0.3, 0.4) is 0 Å². The molecule has 1 fully saturated rings. The minimum atomic E-state index is 0. The van der Waals surface area contributed by atoms with Gasteiger partial charge in [-0.25, -0.2) is 4.98 Å². The summed E-state index contributed by atoms with van der Waals surface area (Å²) in [7, 11) is 0. The average Bonchev–Trinajstić information content (AvgIpc) is 2.81. The lowest BCUT2D eigenvalue weighted by molar-refractivity contribution is 0.0527. The Balaban J connectivity index is 0.00000144. The summed E-state index contributed by atoms with van der Waals surface area (Å²) in [5, 5.41) is 1.80. The Morgan fingerprint density at radius 3 is 2.89 bits per heavy atom. The summed E-state index contributed by atoms with van der Waals surface area (Å²) in [4.78, 5) is 18.2. The number of likely N-dealkylation sites (tertiary alicyclic amines) is 1. The zero-order valence-electron chi connectivity index (χ0n) is 10.2. The molecule has 2 N–H and O–H groups in total. The Bertz CT molecular complexity index is 361. The highest BCUT2D eigenvalue weighted by Crippen LogP contribution is 2.24. The lowest BCUT2D eigenvalue weighted by Crippen LogP contribution is -2.51. The second-order valence-corrected chi connectivity index (χ2v) is 5.01. The van der Waals surface area contributed by atoms with Crippen molar-refractivity contribution in [1.29, 1.82) is 0 Å². The molecule has 0 saturated carbocycles. The molecule has 104 valence electrons. The van der Waals surface area contributed by atoms with Crippen molar-refractivity contribution in [2.75, 3.05) is 13.1 Å². The fourth-order valence-electron chi connectivity index (χ4n) is 2.33. The Hall–Kier alpha value is -0.360. The van der Waals surface area contributed by atoms with Gasteiger partial charge in [0.1, 0.15) is 5.69 Å². The number of thiazole rings is 1. The highest BCUT2D eigenvalue weighted by molar-refractivity contribution is 7.07. The summed E-state index contributed by atoms with van der Waals surface area (Å²) < 4.78 is 0. The van der Waals surface area contributed by atoms with E-state index in [1.54, 1.807) is 10.9 Å². The number of halogens is 2. The third kappa shape index (κ3) is 3.57. The maximum atomic E-state index is 12.2. The third-order valence-electron chi connectivity index (χ3n) is 3.27. The molecule has 0 spiro atoms. The van der Waals surface area contributed by atoms with E-state index < -0.39 is 0 Å². The monoisotopic (exact) mass is 311 g/mol. The van der Waals surface area contributed by atoms with Crippen molar-refractivity contribution in [3.8, 4) is 0 Å². The van der Waals surface area contributed by atoms with E-state index in [4.69, 9.17) is 5.73 Å². The lowest BCUT2D eigenvalue weighted by atomic mass is 9.90. The van der Waals surface area contributed by atoms with Crippen LogP contribution in [0, 0.1) is 5.92 Å². The van der Waals surface area contributed by atoms with Gasteiger partial charge in [0.05, 0.1) is 5.51 Å². The first-order chi connectivity index (χ1) is 7.74. The number of hydrogen-bond acceptors (Lipinski definition) is 4. The normalized spacial score (nSPS) is 22.9. The molecule has 0 radical (unpaired) electrons. The molecule has 2 heterocycles. The molecule has 1 aromatic rings. The number of aromatic nitrogens is 1. The Kier molecular flexibility index (Phi) is 7.78. The zero-order valence-corrected chi connectivity index (χ0v) is 12.7. The first-order valence-corrected chi connectivity index (χ1v) is 6.57. The maximum absolute atomic E-state index is 12.2. The van der Waals surface area contributed by atoms with Crippen LogP contribution < -0.4 is 5.73 Å². The standard InChI is InChI=1S/C11H17N3OS.2ClH/c1-8-3-2-4-14(10(8)5-12)11(15)9-6-16-7-13-9;;/h6-8,10H,2-5,12H2,1H3;2*1H. The highest BCUT2D eigenvalue weighted by atomic mass is 35.5. The quantitative estimate of drug-likeness (QED) is 0.910. The molecule has 1 aliphatic heterocycles. The van der Waals surface area contributed by atoms with E-state index in [-0.39, 0.29) is 36.8 Å². The van der Waals surface area contributed by atoms with Crippen LogP contribution >= 0.6 is 36.2 Å². The van der Waals surface area contributed by atoms with Crippen LogP contribution in [0.15, 0.2) is 10.9 Å². The topological polar surface area (TPSA) is 59.2 Å². The van der Waals surface area contributed by atoms with Crippen molar-refractivity contribution < 1.29 is 4.79 Å². The van der Waals surface area contributed by atoms with Crippen LogP contribution in [0.5, 0.6) is 0 Å². The number of piperidine rings is 1. The Labute approximate surface area is 124 Å². The maximum Gasteiger partial charge on any atom is 0.273 e. The Morgan fingerprint density at radius 2 is 2.33 bits per heavy atom. The SMILES string of the molecule is CC1CCCN(C(=O)c2cscn2)C1CN.Cl.Cl. The van der Waals surface area contributed by atoms with Crippen molar-refractivity contribution in [3.05, 3.63) is 16.6 Å². The van der Waals surface area contributed by atoms with Crippen molar-refractivity contribution in [1.82, 2.24) is 9.88 Å². The summed E-state index contributed by atoms with van der Waals surface area (Å²) >= 11 is 1.45. The van der Waals surface area contributed by atoms with Crippen LogP contribution in [-0.2, 0) is 0 Å². The van der Waals surface area contributed by atoms with E-state index in [1.807, 2.05) is 4.90 Å². The molecule has 18 heavy (non-hydrogen) atoms. The predicted molar refractivity (Wildman–Crippen MR) is 78.9 cm³/mol. The summed E-state index contributed by atoms with van der Waals surface area (Å²) in [6, 6.07) is 0.169. The number of rotatable bonds is 2. The first kappa shape index (κ1) is 17.6. The van der Waals surface area contributed by atoms with Gasteiger partial charge in [-0.15, -0.1) is 36.2 Å². The van der Waals surface area contributed by atoms with Crippen molar-refractivity contribution in [2.24, 2.45) is 11.7 Å². The van der Waals surface area contributed by atoms with E-state index in [9.17, 15) is 4.79 Å². The van der Waals surface area contributed by atoms with Crippen molar-refractivity contribution in [2.45, 2.75) is 25.8 Å². The number of nitrogens with zero attached hydrogens (tertiary/aromatic N) is 2. The molecule has 2 rings (SSSR count). The second kappa shape index (κ2) is 7.94. The van der Waals surface area contributed by atoms with Gasteiger partial charge in [0, 0.05) is 24.5 Å². The molecule has 2 unspecified atom stereocenters. The average molecular weight is 312 g/mol. The van der Waals surface area contributed by atoms with Gasteiger partial charge >= 0.3 is 0 Å². The van der Waals surface area contributed by atoms with Gasteiger partial charge in [0.15, 0.2) is 0 Å². The third-order valence-corrected chi connectivity index (χ3v) is 3.86. The summed E-state index contributed by atoms with van der Waals surface area (Å²) in [5.41, 5.74) is 8.01. The van der Waals surface area contributed by atoms with Crippen LogP contribution in [-0.4, -0.2) is 34.9 Å². The Morgan fingerprint density at radius 1 is 1.61 bits per heavy atom. The number of hydrogen-bond donors (Lipinski definition) is 1.